The summed E-state index contributed by atoms with van der Waals surface area (Å²) in [5, 5.41) is 8.07. The molecule has 1 N–H and O–H groups in total. The first-order valence-electron chi connectivity index (χ1n) is 12.5. The van der Waals surface area contributed by atoms with E-state index < -0.39 is 0 Å². The summed E-state index contributed by atoms with van der Waals surface area (Å²) in [6.07, 6.45) is 2.13. The standard InChI is InChI=1S/C28H32ClN5O2/c1-18-4-8-24(9-5-18)34-20(3)25(13-30-34)28(36)33-16-21-14-32(15-22(21)17-33)11-10-27(35)31-23-7-6-19(2)26(29)12-23/h4-9,12-13,21-22H,10-11,14-17H2,1-3H3,(H,31,35). The third-order valence-electron chi connectivity index (χ3n) is 7.48. The highest BCUT2D eigenvalue weighted by Gasteiger charge is 2.42. The number of nitrogens with one attached hydrogen (secondary N) is 1. The number of carbonyl (C=O) groups excluding carboxylic acids is 2. The van der Waals surface area contributed by atoms with E-state index >= 15 is 0 Å². The molecule has 2 atom stereocenters. The lowest BCUT2D eigenvalue weighted by molar-refractivity contribution is -0.116. The quantitative estimate of drug-likeness (QED) is 0.536. The highest BCUT2D eigenvalue weighted by molar-refractivity contribution is 6.31. The Kier molecular flexibility index (Phi) is 6.86. The summed E-state index contributed by atoms with van der Waals surface area (Å²) in [5.74, 6) is 0.938. The second-order valence-electron chi connectivity index (χ2n) is 10.1. The maximum absolute atomic E-state index is 13.3. The van der Waals surface area contributed by atoms with E-state index in [-0.39, 0.29) is 11.8 Å². The van der Waals surface area contributed by atoms with Crippen LogP contribution in [0.3, 0.4) is 0 Å². The molecule has 3 heterocycles. The van der Waals surface area contributed by atoms with Gasteiger partial charge in [0.2, 0.25) is 5.91 Å². The molecule has 2 unspecified atom stereocenters. The summed E-state index contributed by atoms with van der Waals surface area (Å²) in [6.45, 7) is 10.00. The topological polar surface area (TPSA) is 70.5 Å². The van der Waals surface area contributed by atoms with Crippen molar-refractivity contribution in [3.05, 3.63) is 76.1 Å². The van der Waals surface area contributed by atoms with Crippen LogP contribution in [0.5, 0.6) is 0 Å². The number of rotatable bonds is 6. The van der Waals surface area contributed by atoms with Crippen LogP contribution in [0.1, 0.15) is 33.6 Å². The lowest BCUT2D eigenvalue weighted by Crippen LogP contribution is -2.34. The van der Waals surface area contributed by atoms with Gasteiger partial charge in [0.15, 0.2) is 0 Å². The third kappa shape index (κ3) is 5.04. The molecule has 0 saturated carbocycles. The Labute approximate surface area is 217 Å². The second kappa shape index (κ2) is 10.1. The van der Waals surface area contributed by atoms with Gasteiger partial charge in [-0.25, -0.2) is 4.68 Å². The number of benzene rings is 2. The molecule has 0 bridgehead atoms. The molecule has 0 spiro atoms. The maximum atomic E-state index is 13.3. The highest BCUT2D eigenvalue weighted by atomic mass is 35.5. The number of aromatic nitrogens is 2. The van der Waals surface area contributed by atoms with Crippen molar-refractivity contribution in [2.75, 3.05) is 38.0 Å². The predicted molar refractivity (Wildman–Crippen MR) is 142 cm³/mol. The Bertz CT molecular complexity index is 1270. The van der Waals surface area contributed by atoms with E-state index in [0.717, 1.165) is 55.4 Å². The number of fused-ring (bicyclic) bond motifs is 1. The van der Waals surface area contributed by atoms with E-state index in [1.165, 1.54) is 5.56 Å². The lowest BCUT2D eigenvalue weighted by atomic mass is 10.0. The first kappa shape index (κ1) is 24.5. The molecule has 2 aromatic carbocycles. The monoisotopic (exact) mass is 505 g/mol. The SMILES string of the molecule is Cc1ccc(-n2ncc(C(=O)N3CC4CN(CCC(=O)Nc5ccc(C)c(Cl)c5)CC4C3)c2C)cc1. The summed E-state index contributed by atoms with van der Waals surface area (Å²) in [6, 6.07) is 13.7. The average Bonchev–Trinajstić information content (AvgIpc) is 3.53. The molecule has 188 valence electrons. The predicted octanol–water partition coefficient (Wildman–Crippen LogP) is 4.48. The Hall–Kier alpha value is -3.16. The normalized spacial score (nSPS) is 19.5. The van der Waals surface area contributed by atoms with Crippen LogP contribution < -0.4 is 5.32 Å². The molecule has 2 amide bonds. The number of anilines is 1. The van der Waals surface area contributed by atoms with E-state index in [1.54, 1.807) is 12.3 Å². The number of nitrogens with zero attached hydrogens (tertiary/aromatic N) is 4. The van der Waals surface area contributed by atoms with Crippen molar-refractivity contribution in [2.24, 2.45) is 11.8 Å². The van der Waals surface area contributed by atoms with Gasteiger partial charge in [-0.2, -0.15) is 5.10 Å². The molecule has 36 heavy (non-hydrogen) atoms. The van der Waals surface area contributed by atoms with E-state index in [1.807, 2.05) is 59.8 Å². The van der Waals surface area contributed by atoms with Crippen LogP contribution in [-0.4, -0.2) is 64.1 Å². The molecule has 3 aromatic rings. The van der Waals surface area contributed by atoms with Gasteiger partial charge in [-0.05, 0) is 62.4 Å². The van der Waals surface area contributed by atoms with Gasteiger partial charge in [-0.1, -0.05) is 35.4 Å². The number of hydrogen-bond acceptors (Lipinski definition) is 4. The minimum atomic E-state index is -0.00940. The van der Waals surface area contributed by atoms with Gasteiger partial charge in [-0.15, -0.1) is 0 Å². The van der Waals surface area contributed by atoms with Crippen LogP contribution in [0.25, 0.3) is 5.69 Å². The van der Waals surface area contributed by atoms with Crippen molar-refractivity contribution in [1.29, 1.82) is 0 Å². The highest BCUT2D eigenvalue weighted by Crippen LogP contribution is 2.32. The van der Waals surface area contributed by atoms with Crippen LogP contribution in [0, 0.1) is 32.6 Å². The summed E-state index contributed by atoms with van der Waals surface area (Å²) in [5.41, 5.74) is 5.39. The zero-order valence-electron chi connectivity index (χ0n) is 21.0. The van der Waals surface area contributed by atoms with Gasteiger partial charge in [-0.3, -0.25) is 9.59 Å². The molecule has 2 fully saturated rings. The Morgan fingerprint density at radius 1 is 1.00 bits per heavy atom. The van der Waals surface area contributed by atoms with Crippen molar-refractivity contribution in [3.8, 4) is 5.69 Å². The van der Waals surface area contributed by atoms with E-state index in [2.05, 4.69) is 22.2 Å². The minimum Gasteiger partial charge on any atom is -0.338 e. The van der Waals surface area contributed by atoms with Gasteiger partial charge >= 0.3 is 0 Å². The van der Waals surface area contributed by atoms with E-state index in [0.29, 0.717) is 28.8 Å². The largest absolute Gasteiger partial charge is 0.338 e. The first-order chi connectivity index (χ1) is 17.3. The number of halogens is 1. The molecular weight excluding hydrogens is 474 g/mol. The van der Waals surface area contributed by atoms with Crippen LogP contribution in [-0.2, 0) is 4.79 Å². The van der Waals surface area contributed by atoms with Crippen LogP contribution in [0.15, 0.2) is 48.7 Å². The summed E-state index contributed by atoms with van der Waals surface area (Å²) >= 11 is 6.16. The molecule has 2 aliphatic heterocycles. The number of amides is 2. The van der Waals surface area contributed by atoms with Crippen molar-refractivity contribution in [2.45, 2.75) is 27.2 Å². The van der Waals surface area contributed by atoms with Crippen LogP contribution in [0.2, 0.25) is 5.02 Å². The van der Waals surface area contributed by atoms with Crippen molar-refractivity contribution >= 4 is 29.1 Å². The third-order valence-corrected chi connectivity index (χ3v) is 7.89. The number of aryl methyl sites for hydroxylation is 2. The van der Waals surface area contributed by atoms with Gasteiger partial charge < -0.3 is 15.1 Å². The van der Waals surface area contributed by atoms with Gasteiger partial charge in [0.05, 0.1) is 23.1 Å². The fourth-order valence-electron chi connectivity index (χ4n) is 5.33. The Morgan fingerprint density at radius 3 is 2.36 bits per heavy atom. The fraction of sp³-hybridized carbons (Fsp3) is 0.393. The molecule has 5 rings (SSSR count). The van der Waals surface area contributed by atoms with E-state index in [9.17, 15) is 9.59 Å². The van der Waals surface area contributed by atoms with Crippen molar-refractivity contribution in [3.63, 3.8) is 0 Å². The summed E-state index contributed by atoms with van der Waals surface area (Å²) in [7, 11) is 0. The molecular formula is C28H32ClN5O2. The van der Waals surface area contributed by atoms with Crippen molar-refractivity contribution in [1.82, 2.24) is 19.6 Å². The maximum Gasteiger partial charge on any atom is 0.257 e. The summed E-state index contributed by atoms with van der Waals surface area (Å²) in [4.78, 5) is 30.1. The molecule has 0 aliphatic carbocycles. The zero-order valence-corrected chi connectivity index (χ0v) is 21.8. The Morgan fingerprint density at radius 2 is 1.69 bits per heavy atom. The smallest absolute Gasteiger partial charge is 0.257 e. The second-order valence-corrected chi connectivity index (χ2v) is 10.6. The fourth-order valence-corrected chi connectivity index (χ4v) is 5.51. The number of carbonyl (C=O) groups is 2. The number of likely N-dealkylation sites (tertiary alicyclic amines) is 2. The molecule has 0 radical (unpaired) electrons. The van der Waals surface area contributed by atoms with Crippen molar-refractivity contribution < 1.29 is 9.59 Å². The molecule has 2 saturated heterocycles. The van der Waals surface area contributed by atoms with Gasteiger partial charge in [0.25, 0.3) is 5.91 Å². The van der Waals surface area contributed by atoms with E-state index in [4.69, 9.17) is 11.6 Å². The van der Waals surface area contributed by atoms with Crippen LogP contribution in [0.4, 0.5) is 5.69 Å². The zero-order chi connectivity index (χ0) is 25.4. The lowest BCUT2D eigenvalue weighted by Gasteiger charge is -2.21. The van der Waals surface area contributed by atoms with Gasteiger partial charge in [0.1, 0.15) is 0 Å². The average molecular weight is 506 g/mol. The number of hydrogen-bond donors (Lipinski definition) is 1. The minimum absolute atomic E-state index is 0.00940. The first-order valence-corrected chi connectivity index (χ1v) is 12.9. The molecule has 7 nitrogen and oxygen atoms in total. The molecule has 1 aromatic heterocycles. The molecule has 8 heteroatoms. The molecule has 2 aliphatic rings. The summed E-state index contributed by atoms with van der Waals surface area (Å²) < 4.78 is 1.83. The van der Waals surface area contributed by atoms with Gasteiger partial charge in [0, 0.05) is 49.9 Å². The Balaban J connectivity index is 1.12. The van der Waals surface area contributed by atoms with Crippen LogP contribution >= 0.6 is 11.6 Å².